The molecular weight excluding hydrogens is 256 g/mol. The molecule has 5 heteroatoms. The predicted molar refractivity (Wildman–Crippen MR) is 82.6 cm³/mol. The maximum absolute atomic E-state index is 4.43. The van der Waals surface area contributed by atoms with Gasteiger partial charge in [-0.3, -0.25) is 4.90 Å². The summed E-state index contributed by atoms with van der Waals surface area (Å²) in [7, 11) is 4.20. The Bertz CT molecular complexity index is 387. The number of rotatable bonds is 9. The molecule has 0 saturated carbocycles. The van der Waals surface area contributed by atoms with Crippen LogP contribution >= 0.6 is 11.8 Å². The molecule has 0 aliphatic carbocycles. The summed E-state index contributed by atoms with van der Waals surface area (Å²) in [6.45, 7) is 9.18. The Kier molecular flexibility index (Phi) is 7.16. The molecule has 0 saturated heterocycles. The monoisotopic (exact) mass is 282 g/mol. The van der Waals surface area contributed by atoms with Crippen LogP contribution in [0.25, 0.3) is 0 Å². The van der Waals surface area contributed by atoms with Gasteiger partial charge >= 0.3 is 0 Å². The summed E-state index contributed by atoms with van der Waals surface area (Å²) in [5.41, 5.74) is 0. The smallest absolute Gasteiger partial charge is 0.191 e. The standard InChI is InChI=1S/C14H26N4S/c1-6-9-10-18-13(12(8-3)17(4)5)15-16-14(18)19-11-7-2/h7,12H,2,6,8-11H2,1,3-5H3. The van der Waals surface area contributed by atoms with E-state index >= 15 is 0 Å². The van der Waals surface area contributed by atoms with Crippen molar-refractivity contribution in [2.24, 2.45) is 0 Å². The molecule has 0 aliphatic heterocycles. The van der Waals surface area contributed by atoms with E-state index in [4.69, 9.17) is 0 Å². The summed E-state index contributed by atoms with van der Waals surface area (Å²) in [5, 5.41) is 9.81. The molecule has 0 spiro atoms. The van der Waals surface area contributed by atoms with Gasteiger partial charge in [0.05, 0.1) is 6.04 Å². The van der Waals surface area contributed by atoms with E-state index in [-0.39, 0.29) is 0 Å². The van der Waals surface area contributed by atoms with Crippen LogP contribution in [0.1, 0.15) is 45.0 Å². The van der Waals surface area contributed by atoms with Gasteiger partial charge in [0.15, 0.2) is 11.0 Å². The van der Waals surface area contributed by atoms with E-state index in [1.807, 2.05) is 6.08 Å². The summed E-state index contributed by atoms with van der Waals surface area (Å²) < 4.78 is 2.28. The van der Waals surface area contributed by atoms with E-state index in [9.17, 15) is 0 Å². The minimum Gasteiger partial charge on any atom is -0.305 e. The van der Waals surface area contributed by atoms with Gasteiger partial charge in [-0.2, -0.15) is 0 Å². The van der Waals surface area contributed by atoms with Gasteiger partial charge in [-0.25, -0.2) is 0 Å². The second-order valence-electron chi connectivity index (χ2n) is 4.83. The highest BCUT2D eigenvalue weighted by atomic mass is 32.2. The molecule has 1 aromatic heterocycles. The molecular formula is C14H26N4S. The van der Waals surface area contributed by atoms with Crippen molar-refractivity contribution in [3.63, 3.8) is 0 Å². The third kappa shape index (κ3) is 4.35. The number of nitrogens with zero attached hydrogens (tertiary/aromatic N) is 4. The normalized spacial score (nSPS) is 12.9. The third-order valence-electron chi connectivity index (χ3n) is 3.12. The van der Waals surface area contributed by atoms with Crippen LogP contribution < -0.4 is 0 Å². The van der Waals surface area contributed by atoms with Crippen molar-refractivity contribution in [2.45, 2.75) is 50.9 Å². The Labute approximate surface area is 121 Å². The Morgan fingerprint density at radius 1 is 1.37 bits per heavy atom. The van der Waals surface area contributed by atoms with Crippen LogP contribution in [-0.4, -0.2) is 39.5 Å². The zero-order chi connectivity index (χ0) is 14.3. The highest BCUT2D eigenvalue weighted by molar-refractivity contribution is 7.99. The van der Waals surface area contributed by atoms with Gasteiger partial charge in [0.25, 0.3) is 0 Å². The van der Waals surface area contributed by atoms with E-state index in [2.05, 4.69) is 54.2 Å². The van der Waals surface area contributed by atoms with Gasteiger partial charge in [0.2, 0.25) is 0 Å². The first-order valence-electron chi connectivity index (χ1n) is 6.98. The summed E-state index contributed by atoms with van der Waals surface area (Å²) in [4.78, 5) is 2.22. The summed E-state index contributed by atoms with van der Waals surface area (Å²) >= 11 is 1.71. The largest absolute Gasteiger partial charge is 0.305 e. The molecule has 1 unspecified atom stereocenters. The minimum absolute atomic E-state index is 0.336. The second-order valence-corrected chi connectivity index (χ2v) is 5.82. The van der Waals surface area contributed by atoms with Gasteiger partial charge in [-0.05, 0) is 26.9 Å². The van der Waals surface area contributed by atoms with Gasteiger partial charge in [-0.1, -0.05) is 38.1 Å². The van der Waals surface area contributed by atoms with E-state index in [1.165, 1.54) is 6.42 Å². The number of unbranched alkanes of at least 4 members (excludes halogenated alkanes) is 1. The molecule has 1 rings (SSSR count). The lowest BCUT2D eigenvalue weighted by atomic mass is 10.2. The summed E-state index contributed by atoms with van der Waals surface area (Å²) in [6, 6.07) is 0.336. The maximum atomic E-state index is 4.43. The van der Waals surface area contributed by atoms with Crippen molar-refractivity contribution >= 4 is 11.8 Å². The topological polar surface area (TPSA) is 34.0 Å². The fourth-order valence-corrected chi connectivity index (χ4v) is 2.80. The van der Waals surface area contributed by atoms with Crippen molar-refractivity contribution in [1.29, 1.82) is 0 Å². The van der Waals surface area contributed by atoms with E-state index < -0.39 is 0 Å². The first kappa shape index (κ1) is 16.2. The molecule has 19 heavy (non-hydrogen) atoms. The average Bonchev–Trinajstić information content (AvgIpc) is 2.77. The molecule has 0 fully saturated rings. The van der Waals surface area contributed by atoms with Gasteiger partial charge in [0.1, 0.15) is 0 Å². The molecule has 108 valence electrons. The second kappa shape index (κ2) is 8.38. The molecule has 0 aliphatic rings. The summed E-state index contributed by atoms with van der Waals surface area (Å²) in [5.74, 6) is 1.97. The quantitative estimate of drug-likeness (QED) is 0.514. The lowest BCUT2D eigenvalue weighted by Crippen LogP contribution is -2.23. The summed E-state index contributed by atoms with van der Waals surface area (Å²) in [6.07, 6.45) is 5.30. The molecule has 4 nitrogen and oxygen atoms in total. The molecule has 0 N–H and O–H groups in total. The first-order chi connectivity index (χ1) is 9.15. The van der Waals surface area contributed by atoms with Crippen molar-refractivity contribution in [1.82, 2.24) is 19.7 Å². The Balaban J connectivity index is 3.00. The van der Waals surface area contributed by atoms with E-state index in [0.717, 1.165) is 36.1 Å². The number of hydrogen-bond donors (Lipinski definition) is 0. The molecule has 0 aromatic carbocycles. The zero-order valence-electron chi connectivity index (χ0n) is 12.6. The van der Waals surface area contributed by atoms with Crippen molar-refractivity contribution in [2.75, 3.05) is 19.8 Å². The van der Waals surface area contributed by atoms with Crippen molar-refractivity contribution < 1.29 is 0 Å². The van der Waals surface area contributed by atoms with E-state index in [0.29, 0.717) is 6.04 Å². The fraction of sp³-hybridized carbons (Fsp3) is 0.714. The van der Waals surface area contributed by atoms with Crippen LogP contribution in [0.2, 0.25) is 0 Å². The maximum Gasteiger partial charge on any atom is 0.191 e. The minimum atomic E-state index is 0.336. The van der Waals surface area contributed by atoms with Gasteiger partial charge < -0.3 is 4.57 Å². The van der Waals surface area contributed by atoms with Crippen LogP contribution in [0.5, 0.6) is 0 Å². The first-order valence-corrected chi connectivity index (χ1v) is 7.97. The molecule has 0 radical (unpaired) electrons. The van der Waals surface area contributed by atoms with Gasteiger partial charge in [0, 0.05) is 12.3 Å². The van der Waals surface area contributed by atoms with Crippen LogP contribution in [0.15, 0.2) is 17.8 Å². The number of hydrogen-bond acceptors (Lipinski definition) is 4. The molecule has 1 atom stereocenters. The number of thioether (sulfide) groups is 1. The Hall–Kier alpha value is -0.810. The van der Waals surface area contributed by atoms with E-state index in [1.54, 1.807) is 11.8 Å². The van der Waals surface area contributed by atoms with Crippen molar-refractivity contribution in [3.8, 4) is 0 Å². The third-order valence-corrected chi connectivity index (χ3v) is 4.08. The Morgan fingerprint density at radius 2 is 2.11 bits per heavy atom. The molecule has 0 bridgehead atoms. The predicted octanol–water partition coefficient (Wildman–Crippen LogP) is 3.37. The molecule has 1 aromatic rings. The zero-order valence-corrected chi connectivity index (χ0v) is 13.4. The number of aromatic nitrogens is 3. The SMILES string of the molecule is C=CCSc1nnc(C(CC)N(C)C)n1CCCC. The highest BCUT2D eigenvalue weighted by Crippen LogP contribution is 2.25. The molecule has 1 heterocycles. The van der Waals surface area contributed by atoms with Gasteiger partial charge in [-0.15, -0.1) is 16.8 Å². The van der Waals surface area contributed by atoms with Crippen LogP contribution in [-0.2, 0) is 6.54 Å². The fourth-order valence-electron chi connectivity index (χ4n) is 2.09. The lowest BCUT2D eigenvalue weighted by molar-refractivity contribution is 0.270. The average molecular weight is 282 g/mol. The Morgan fingerprint density at radius 3 is 2.63 bits per heavy atom. The lowest BCUT2D eigenvalue weighted by Gasteiger charge is -2.23. The molecule has 0 amide bonds. The highest BCUT2D eigenvalue weighted by Gasteiger charge is 2.21. The van der Waals surface area contributed by atoms with Crippen LogP contribution in [0, 0.1) is 0 Å². The van der Waals surface area contributed by atoms with Crippen LogP contribution in [0.4, 0.5) is 0 Å². The van der Waals surface area contributed by atoms with Crippen LogP contribution in [0.3, 0.4) is 0 Å². The van der Waals surface area contributed by atoms with Crippen molar-refractivity contribution in [3.05, 3.63) is 18.5 Å².